The Labute approximate surface area is 168 Å². The maximum Gasteiger partial charge on any atom is 0.341 e. The molecule has 0 aliphatic rings. The fourth-order valence-corrected chi connectivity index (χ4v) is 2.64. The van der Waals surface area contributed by atoms with Crippen molar-refractivity contribution in [1.82, 2.24) is 0 Å². The molecule has 0 aliphatic carbocycles. The van der Waals surface area contributed by atoms with E-state index in [1.807, 2.05) is 27.7 Å². The Bertz CT molecular complexity index is 636. The summed E-state index contributed by atoms with van der Waals surface area (Å²) >= 11 is 0. The number of unbranched alkanes of at least 4 members (excludes halogenated alkanes) is 1. The zero-order valence-electron chi connectivity index (χ0n) is 18.1. The summed E-state index contributed by atoms with van der Waals surface area (Å²) in [5.41, 5.74) is -0.126. The molecule has 2 atom stereocenters. The van der Waals surface area contributed by atoms with Crippen LogP contribution < -0.4 is 10.1 Å². The van der Waals surface area contributed by atoms with Gasteiger partial charge >= 0.3 is 5.97 Å². The Hall–Kier alpha value is -2.08. The monoisotopic (exact) mass is 393 g/mol. The van der Waals surface area contributed by atoms with E-state index in [0.29, 0.717) is 24.5 Å². The smallest absolute Gasteiger partial charge is 0.341 e. The molecule has 0 spiro atoms. The van der Waals surface area contributed by atoms with Gasteiger partial charge in [0.15, 0.2) is 0 Å². The molecule has 0 saturated heterocycles. The maximum atomic E-state index is 12.9. The summed E-state index contributed by atoms with van der Waals surface area (Å²) in [6.07, 6.45) is 4.11. The highest BCUT2D eigenvalue weighted by atomic mass is 16.5. The minimum absolute atomic E-state index is 0.0383. The zero-order valence-corrected chi connectivity index (χ0v) is 18.1. The predicted molar refractivity (Wildman–Crippen MR) is 111 cm³/mol. The molecule has 0 fully saturated rings. The largest absolute Gasteiger partial charge is 0.490 e. The molecule has 0 aliphatic heterocycles. The molecule has 1 rings (SSSR count). The standard InChI is InChI=1S/C22H35NO5/c1-7-10-13-22(5,27-14-8-2)21(25)23-17-11-12-19(28-16(4)9-3)18(15-17)20(24)26-6/h11-12,15-16H,7-10,13-14H2,1-6H3,(H,23,25)/t16-,22-/m1/s1. The van der Waals surface area contributed by atoms with E-state index >= 15 is 0 Å². The predicted octanol–water partition coefficient (Wildman–Crippen LogP) is 4.96. The summed E-state index contributed by atoms with van der Waals surface area (Å²) in [5, 5.41) is 2.89. The lowest BCUT2D eigenvalue weighted by Gasteiger charge is -2.28. The van der Waals surface area contributed by atoms with E-state index in [0.717, 1.165) is 25.7 Å². The number of carbonyl (C=O) groups excluding carboxylic acids is 2. The summed E-state index contributed by atoms with van der Waals surface area (Å²) in [4.78, 5) is 25.1. The van der Waals surface area contributed by atoms with E-state index in [-0.39, 0.29) is 17.6 Å². The van der Waals surface area contributed by atoms with Gasteiger partial charge < -0.3 is 19.5 Å². The molecule has 0 aromatic heterocycles. The van der Waals surface area contributed by atoms with Crippen LogP contribution in [0.3, 0.4) is 0 Å². The molecule has 1 N–H and O–H groups in total. The van der Waals surface area contributed by atoms with Crippen LogP contribution in [0.15, 0.2) is 18.2 Å². The Morgan fingerprint density at radius 2 is 1.89 bits per heavy atom. The second-order valence-corrected chi connectivity index (χ2v) is 7.18. The summed E-state index contributed by atoms with van der Waals surface area (Å²) in [6, 6.07) is 4.99. The first-order valence-corrected chi connectivity index (χ1v) is 10.2. The van der Waals surface area contributed by atoms with Gasteiger partial charge in [0, 0.05) is 12.3 Å². The number of amides is 1. The zero-order chi connectivity index (χ0) is 21.2. The van der Waals surface area contributed by atoms with Gasteiger partial charge in [-0.15, -0.1) is 0 Å². The van der Waals surface area contributed by atoms with Crippen LogP contribution in [0.25, 0.3) is 0 Å². The second kappa shape index (κ2) is 11.7. The third-order valence-electron chi connectivity index (χ3n) is 4.66. The number of esters is 1. The molecule has 158 valence electrons. The van der Waals surface area contributed by atoms with Crippen molar-refractivity contribution >= 4 is 17.6 Å². The highest BCUT2D eigenvalue weighted by molar-refractivity contribution is 5.99. The van der Waals surface area contributed by atoms with Gasteiger partial charge in [-0.05, 0) is 51.3 Å². The van der Waals surface area contributed by atoms with Gasteiger partial charge in [-0.3, -0.25) is 4.79 Å². The number of rotatable bonds is 12. The highest BCUT2D eigenvalue weighted by Gasteiger charge is 2.33. The SMILES string of the molecule is CCCC[C@@](C)(OCCC)C(=O)Nc1ccc(O[C@H](C)CC)c(C(=O)OC)c1. The molecule has 28 heavy (non-hydrogen) atoms. The third-order valence-corrected chi connectivity index (χ3v) is 4.66. The van der Waals surface area contributed by atoms with Crippen LogP contribution >= 0.6 is 0 Å². The van der Waals surface area contributed by atoms with Crippen LogP contribution in [0.1, 0.15) is 77.1 Å². The molecule has 1 aromatic carbocycles. The van der Waals surface area contributed by atoms with Crippen LogP contribution in [0.4, 0.5) is 5.69 Å². The summed E-state index contributed by atoms with van der Waals surface area (Å²) in [5.74, 6) is -0.290. The fourth-order valence-electron chi connectivity index (χ4n) is 2.64. The van der Waals surface area contributed by atoms with E-state index in [2.05, 4.69) is 12.2 Å². The van der Waals surface area contributed by atoms with Gasteiger partial charge in [-0.2, -0.15) is 0 Å². The van der Waals surface area contributed by atoms with Crippen molar-refractivity contribution in [2.45, 2.75) is 78.4 Å². The van der Waals surface area contributed by atoms with Gasteiger partial charge in [0.05, 0.1) is 13.2 Å². The number of hydrogen-bond donors (Lipinski definition) is 1. The summed E-state index contributed by atoms with van der Waals surface area (Å²) in [7, 11) is 1.32. The quantitative estimate of drug-likeness (QED) is 0.508. The summed E-state index contributed by atoms with van der Waals surface area (Å²) < 4.78 is 16.6. The molecule has 1 amide bonds. The lowest BCUT2D eigenvalue weighted by atomic mass is 9.97. The van der Waals surface area contributed by atoms with Crippen LogP contribution in [0.2, 0.25) is 0 Å². The molecule has 0 bridgehead atoms. The normalized spacial score (nSPS) is 14.1. The van der Waals surface area contributed by atoms with Crippen LogP contribution in [-0.4, -0.2) is 37.3 Å². The second-order valence-electron chi connectivity index (χ2n) is 7.18. The minimum atomic E-state index is -0.913. The molecule has 0 heterocycles. The number of carbonyl (C=O) groups is 2. The molecular weight excluding hydrogens is 358 g/mol. The molecule has 0 unspecified atom stereocenters. The van der Waals surface area contributed by atoms with Gasteiger partial charge in [0.25, 0.3) is 5.91 Å². The topological polar surface area (TPSA) is 73.9 Å². The summed E-state index contributed by atoms with van der Waals surface area (Å²) in [6.45, 7) is 10.4. The number of benzene rings is 1. The first-order chi connectivity index (χ1) is 13.3. The van der Waals surface area contributed by atoms with E-state index in [1.54, 1.807) is 18.2 Å². The van der Waals surface area contributed by atoms with Crippen molar-refractivity contribution in [3.8, 4) is 5.75 Å². The van der Waals surface area contributed by atoms with Crippen molar-refractivity contribution in [1.29, 1.82) is 0 Å². The van der Waals surface area contributed by atoms with E-state index < -0.39 is 11.6 Å². The number of hydrogen-bond acceptors (Lipinski definition) is 5. The van der Waals surface area contributed by atoms with Crippen molar-refractivity contribution in [2.24, 2.45) is 0 Å². The Balaban J connectivity index is 3.08. The fraction of sp³-hybridized carbons (Fsp3) is 0.636. The van der Waals surface area contributed by atoms with Gasteiger partial charge in [0.2, 0.25) is 0 Å². The Morgan fingerprint density at radius 3 is 2.46 bits per heavy atom. The van der Waals surface area contributed by atoms with Crippen LogP contribution in [0.5, 0.6) is 5.75 Å². The average Bonchev–Trinajstić information content (AvgIpc) is 2.70. The molecule has 6 nitrogen and oxygen atoms in total. The Morgan fingerprint density at radius 1 is 1.18 bits per heavy atom. The Kier molecular flexibility index (Phi) is 10.0. The average molecular weight is 394 g/mol. The van der Waals surface area contributed by atoms with Crippen molar-refractivity contribution in [2.75, 3.05) is 19.0 Å². The van der Waals surface area contributed by atoms with E-state index in [9.17, 15) is 9.59 Å². The molecule has 0 radical (unpaired) electrons. The van der Waals surface area contributed by atoms with Crippen molar-refractivity contribution in [3.63, 3.8) is 0 Å². The van der Waals surface area contributed by atoms with Gasteiger partial charge in [-0.1, -0.05) is 33.6 Å². The molecule has 6 heteroatoms. The van der Waals surface area contributed by atoms with Gasteiger partial charge in [-0.25, -0.2) is 4.79 Å². The lowest BCUT2D eigenvalue weighted by molar-refractivity contribution is -0.140. The highest BCUT2D eigenvalue weighted by Crippen LogP contribution is 2.27. The third kappa shape index (κ3) is 6.82. The van der Waals surface area contributed by atoms with Crippen molar-refractivity contribution < 1.29 is 23.8 Å². The number of nitrogens with one attached hydrogen (secondary N) is 1. The van der Waals surface area contributed by atoms with Crippen LogP contribution in [-0.2, 0) is 14.3 Å². The molecule has 0 saturated carbocycles. The minimum Gasteiger partial charge on any atom is -0.490 e. The van der Waals surface area contributed by atoms with E-state index in [4.69, 9.17) is 14.2 Å². The maximum absolute atomic E-state index is 12.9. The number of ether oxygens (including phenoxy) is 3. The first-order valence-electron chi connectivity index (χ1n) is 10.2. The first kappa shape index (κ1) is 24.0. The number of anilines is 1. The molecular formula is C22H35NO5. The lowest BCUT2D eigenvalue weighted by Crippen LogP contribution is -2.43. The van der Waals surface area contributed by atoms with Crippen LogP contribution in [0, 0.1) is 0 Å². The number of methoxy groups -OCH3 is 1. The van der Waals surface area contributed by atoms with E-state index in [1.165, 1.54) is 7.11 Å². The van der Waals surface area contributed by atoms with Crippen molar-refractivity contribution in [3.05, 3.63) is 23.8 Å². The van der Waals surface area contributed by atoms with Gasteiger partial charge in [0.1, 0.15) is 16.9 Å². The molecule has 1 aromatic rings.